The van der Waals surface area contributed by atoms with Gasteiger partial charge in [-0.2, -0.15) is 0 Å². The van der Waals surface area contributed by atoms with Gasteiger partial charge in [0.25, 0.3) is 0 Å². The molecular weight excluding hydrogens is 771 g/mol. The summed E-state index contributed by atoms with van der Waals surface area (Å²) in [5.41, 5.74) is 13.4. The Morgan fingerprint density at radius 2 is 0.841 bits per heavy atom. The van der Waals surface area contributed by atoms with E-state index in [1.54, 1.807) is 0 Å². The number of furan rings is 1. The molecule has 0 saturated heterocycles. The van der Waals surface area contributed by atoms with Gasteiger partial charge in [0.1, 0.15) is 11.2 Å². The molecule has 294 valence electrons. The van der Waals surface area contributed by atoms with Crippen LogP contribution in [0.15, 0.2) is 217 Å². The number of hydrogen-bond acceptors (Lipinski definition) is 4. The van der Waals surface area contributed by atoms with E-state index in [2.05, 4.69) is 155 Å². The van der Waals surface area contributed by atoms with Crippen molar-refractivity contribution in [3.63, 3.8) is 0 Å². The normalized spacial score (nSPS) is 11.8. The Labute approximate surface area is 361 Å². The Bertz CT molecular complexity index is 3850. The third-order valence-electron chi connectivity index (χ3n) is 12.4. The number of hydrogen-bond donors (Lipinski definition) is 0. The van der Waals surface area contributed by atoms with Gasteiger partial charge in [0.15, 0.2) is 17.5 Å². The van der Waals surface area contributed by atoms with Gasteiger partial charge in [0.2, 0.25) is 0 Å². The molecule has 0 amide bonds. The highest BCUT2D eigenvalue weighted by Crippen LogP contribution is 2.44. The van der Waals surface area contributed by atoms with Crippen molar-refractivity contribution in [2.45, 2.75) is 0 Å². The van der Waals surface area contributed by atoms with E-state index in [4.69, 9.17) is 19.4 Å². The Hall–Kier alpha value is -8.61. The summed E-state index contributed by atoms with van der Waals surface area (Å²) in [6.07, 6.45) is 0. The molecule has 0 saturated carbocycles. The first-order chi connectivity index (χ1) is 31.2. The minimum Gasteiger partial charge on any atom is -0.456 e. The fraction of sp³-hybridized carbons (Fsp3) is 0. The molecule has 0 bridgehead atoms. The quantitative estimate of drug-likeness (QED) is 0.168. The standard InChI is InChI=1S/C57H35N5O/c1-4-16-36(17-5-1)42-26-15-28-47-52(42)43-24-10-12-27-46(43)61(47)41-30-31-44-49(35-41)62(48-32-33-51-54(53(44)48)45-25-11-13-29-50(45)63-51)40-23-14-22-39(34-40)57-59-55(37-18-6-2-7-19-37)58-56(60-57)38-20-8-3-9-21-38/h1-35H. The molecule has 6 nitrogen and oxygen atoms in total. The maximum atomic E-state index is 6.49. The molecule has 0 fully saturated rings. The van der Waals surface area contributed by atoms with Gasteiger partial charge in [0.05, 0.1) is 22.1 Å². The molecule has 0 unspecified atom stereocenters. The number of nitrogens with zero attached hydrogens (tertiary/aromatic N) is 5. The minimum absolute atomic E-state index is 0.605. The Kier molecular flexibility index (Phi) is 7.80. The fourth-order valence-electron chi connectivity index (χ4n) is 9.61. The van der Waals surface area contributed by atoms with E-state index >= 15 is 0 Å². The summed E-state index contributed by atoms with van der Waals surface area (Å²) in [4.78, 5) is 15.2. The molecule has 4 aromatic heterocycles. The molecule has 4 heterocycles. The lowest BCUT2D eigenvalue weighted by Crippen LogP contribution is -2.01. The van der Waals surface area contributed by atoms with Gasteiger partial charge in [-0.1, -0.05) is 158 Å². The zero-order valence-corrected chi connectivity index (χ0v) is 33.9. The van der Waals surface area contributed by atoms with Gasteiger partial charge in [-0.15, -0.1) is 0 Å². The third kappa shape index (κ3) is 5.55. The molecule has 6 heteroatoms. The van der Waals surface area contributed by atoms with Crippen molar-refractivity contribution >= 4 is 65.6 Å². The summed E-state index contributed by atoms with van der Waals surface area (Å²) >= 11 is 0. The smallest absolute Gasteiger partial charge is 0.164 e. The van der Waals surface area contributed by atoms with Gasteiger partial charge >= 0.3 is 0 Å². The van der Waals surface area contributed by atoms with Crippen LogP contribution in [0.1, 0.15) is 0 Å². The Morgan fingerprint density at radius 3 is 1.59 bits per heavy atom. The van der Waals surface area contributed by atoms with Crippen LogP contribution in [-0.2, 0) is 0 Å². The van der Waals surface area contributed by atoms with E-state index < -0.39 is 0 Å². The van der Waals surface area contributed by atoms with Crippen molar-refractivity contribution in [2.24, 2.45) is 0 Å². The Morgan fingerprint density at radius 1 is 0.302 bits per heavy atom. The van der Waals surface area contributed by atoms with E-state index in [0.717, 1.165) is 82.8 Å². The molecule has 0 aliphatic carbocycles. The highest BCUT2D eigenvalue weighted by molar-refractivity contribution is 6.27. The number of para-hydroxylation sites is 2. The highest BCUT2D eigenvalue weighted by atomic mass is 16.3. The van der Waals surface area contributed by atoms with E-state index in [-0.39, 0.29) is 0 Å². The molecule has 0 atom stereocenters. The Balaban J connectivity index is 1.08. The molecule has 63 heavy (non-hydrogen) atoms. The summed E-state index contributed by atoms with van der Waals surface area (Å²) in [5.74, 6) is 1.86. The maximum absolute atomic E-state index is 6.49. The molecule has 0 N–H and O–H groups in total. The van der Waals surface area contributed by atoms with Crippen LogP contribution in [-0.4, -0.2) is 24.1 Å². The zero-order valence-electron chi connectivity index (χ0n) is 33.9. The lowest BCUT2D eigenvalue weighted by molar-refractivity contribution is 0.669. The van der Waals surface area contributed by atoms with Gasteiger partial charge in [0, 0.05) is 60.4 Å². The van der Waals surface area contributed by atoms with Gasteiger partial charge in [-0.25, -0.2) is 15.0 Å². The van der Waals surface area contributed by atoms with Gasteiger partial charge in [-0.3, -0.25) is 0 Å². The van der Waals surface area contributed by atoms with E-state index in [1.165, 1.54) is 21.9 Å². The van der Waals surface area contributed by atoms with Crippen LogP contribution in [0.5, 0.6) is 0 Å². The van der Waals surface area contributed by atoms with Crippen LogP contribution >= 0.6 is 0 Å². The molecule has 9 aromatic carbocycles. The summed E-state index contributed by atoms with van der Waals surface area (Å²) in [5, 5.41) is 6.95. The lowest BCUT2D eigenvalue weighted by atomic mass is 9.99. The van der Waals surface area contributed by atoms with Crippen LogP contribution in [0.3, 0.4) is 0 Å². The SMILES string of the molecule is c1ccc(-c2nc(-c3ccccc3)nc(-c3cccc(-n4c5cc(-n6c7ccccc7c7c(-c8ccccc8)cccc76)ccc5c5c6c(ccc54)oc4ccccc46)c3)n2)cc1. The first kappa shape index (κ1) is 35.2. The molecular formula is C57H35N5O. The molecule has 0 aliphatic rings. The molecule has 13 aromatic rings. The predicted octanol–water partition coefficient (Wildman–Crippen LogP) is 14.6. The summed E-state index contributed by atoms with van der Waals surface area (Å²) in [7, 11) is 0. The van der Waals surface area contributed by atoms with Gasteiger partial charge in [-0.05, 0) is 65.7 Å². The topological polar surface area (TPSA) is 61.7 Å². The number of rotatable bonds is 6. The average Bonchev–Trinajstić information content (AvgIpc) is 4.02. The summed E-state index contributed by atoms with van der Waals surface area (Å²) in [6.45, 7) is 0. The predicted molar refractivity (Wildman–Crippen MR) is 258 cm³/mol. The van der Waals surface area contributed by atoms with Crippen molar-refractivity contribution in [3.05, 3.63) is 212 Å². The molecule has 13 rings (SSSR count). The van der Waals surface area contributed by atoms with Crippen LogP contribution < -0.4 is 0 Å². The monoisotopic (exact) mass is 805 g/mol. The van der Waals surface area contributed by atoms with Crippen LogP contribution in [0.4, 0.5) is 0 Å². The first-order valence-electron chi connectivity index (χ1n) is 21.2. The zero-order chi connectivity index (χ0) is 41.4. The average molecular weight is 806 g/mol. The molecule has 0 spiro atoms. The molecule has 0 radical (unpaired) electrons. The number of aromatic nitrogens is 5. The third-order valence-corrected chi connectivity index (χ3v) is 12.4. The van der Waals surface area contributed by atoms with E-state index in [0.29, 0.717) is 17.5 Å². The number of fused-ring (bicyclic) bond motifs is 10. The maximum Gasteiger partial charge on any atom is 0.164 e. The van der Waals surface area contributed by atoms with Crippen LogP contribution in [0.2, 0.25) is 0 Å². The summed E-state index contributed by atoms with van der Waals surface area (Å²) < 4.78 is 11.3. The second-order valence-corrected chi connectivity index (χ2v) is 16.0. The summed E-state index contributed by atoms with van der Waals surface area (Å²) in [6, 6.07) is 74.5. The second-order valence-electron chi connectivity index (χ2n) is 16.0. The fourth-order valence-corrected chi connectivity index (χ4v) is 9.61. The van der Waals surface area contributed by atoms with Crippen molar-refractivity contribution in [1.82, 2.24) is 24.1 Å². The molecule has 0 aliphatic heterocycles. The van der Waals surface area contributed by atoms with Crippen LogP contribution in [0.25, 0.3) is 122 Å². The van der Waals surface area contributed by atoms with E-state index in [1.807, 2.05) is 66.7 Å². The number of benzene rings is 9. The van der Waals surface area contributed by atoms with Crippen molar-refractivity contribution in [2.75, 3.05) is 0 Å². The van der Waals surface area contributed by atoms with Crippen LogP contribution in [0, 0.1) is 0 Å². The second kappa shape index (κ2) is 14.0. The first-order valence-corrected chi connectivity index (χ1v) is 21.2. The highest BCUT2D eigenvalue weighted by Gasteiger charge is 2.22. The van der Waals surface area contributed by atoms with Crippen molar-refractivity contribution < 1.29 is 4.42 Å². The van der Waals surface area contributed by atoms with Crippen molar-refractivity contribution in [1.29, 1.82) is 0 Å². The lowest BCUT2D eigenvalue weighted by Gasteiger charge is -2.13. The minimum atomic E-state index is 0.605. The largest absolute Gasteiger partial charge is 0.456 e. The van der Waals surface area contributed by atoms with Gasteiger partial charge < -0.3 is 13.6 Å². The van der Waals surface area contributed by atoms with E-state index in [9.17, 15) is 0 Å². The van der Waals surface area contributed by atoms with Crippen molar-refractivity contribution in [3.8, 4) is 56.7 Å².